The third kappa shape index (κ3) is 4.63. The zero-order valence-corrected chi connectivity index (χ0v) is 18.8. The van der Waals surface area contributed by atoms with E-state index in [0.29, 0.717) is 36.3 Å². The molecule has 0 fully saturated rings. The van der Waals surface area contributed by atoms with Crippen LogP contribution in [0.5, 0.6) is 0 Å². The van der Waals surface area contributed by atoms with Gasteiger partial charge < -0.3 is 13.9 Å². The first-order valence-corrected chi connectivity index (χ1v) is 12.4. The molecule has 0 aliphatic heterocycles. The molecule has 1 aromatic rings. The normalized spacial score (nSPS) is 17.9. The van der Waals surface area contributed by atoms with E-state index in [2.05, 4.69) is 33.9 Å². The molecule has 0 bridgehead atoms. The number of benzene rings is 1. The number of fused-ring (bicyclic) bond motifs is 1. The quantitative estimate of drug-likeness (QED) is 0.372. The summed E-state index contributed by atoms with van der Waals surface area (Å²) >= 11 is 0. The average Bonchev–Trinajstić information content (AvgIpc) is 2.88. The predicted molar refractivity (Wildman–Crippen MR) is 108 cm³/mol. The van der Waals surface area contributed by atoms with Crippen LogP contribution in [0.4, 0.5) is 13.2 Å². The van der Waals surface area contributed by atoms with Gasteiger partial charge in [-0.3, -0.25) is 0 Å². The average molecular weight is 417 g/mol. The van der Waals surface area contributed by atoms with Gasteiger partial charge in [0.05, 0.1) is 12.7 Å². The fourth-order valence-corrected chi connectivity index (χ4v) is 4.26. The first-order valence-electron chi connectivity index (χ1n) is 9.49. The van der Waals surface area contributed by atoms with Gasteiger partial charge in [0.15, 0.2) is 8.32 Å². The van der Waals surface area contributed by atoms with Gasteiger partial charge in [0, 0.05) is 19.3 Å². The van der Waals surface area contributed by atoms with E-state index in [0.717, 1.165) is 11.6 Å². The summed E-state index contributed by atoms with van der Waals surface area (Å²) in [5.41, 5.74) is 1.39. The smallest absolute Gasteiger partial charge is 0.416 e. The highest BCUT2D eigenvalue weighted by atomic mass is 28.4. The fraction of sp³-hybridized carbons (Fsp3) is 0.619. The second kappa shape index (κ2) is 8.20. The molecule has 0 heterocycles. The number of allylic oxidation sites excluding steroid dienone is 1. The van der Waals surface area contributed by atoms with Crippen molar-refractivity contribution < 1.29 is 27.1 Å². The summed E-state index contributed by atoms with van der Waals surface area (Å²) < 4.78 is 56.8. The van der Waals surface area contributed by atoms with Gasteiger partial charge in [0.25, 0.3) is 0 Å². The Morgan fingerprint density at radius 3 is 2.21 bits per heavy atom. The first kappa shape index (κ1) is 23.0. The SMILES string of the molecule is COC1=C(CCCO[Si](C)(C)C(C)(C)C)c2cc(C(F)(F)F)ccc2C1OC. The maximum atomic E-state index is 13.2. The molecule has 0 saturated carbocycles. The summed E-state index contributed by atoms with van der Waals surface area (Å²) in [5, 5.41) is 0.118. The van der Waals surface area contributed by atoms with E-state index in [1.54, 1.807) is 0 Å². The van der Waals surface area contributed by atoms with Crippen molar-refractivity contribution in [1.29, 1.82) is 0 Å². The summed E-state index contributed by atoms with van der Waals surface area (Å²) in [5.74, 6) is 0.587. The highest BCUT2D eigenvalue weighted by Crippen LogP contribution is 2.46. The van der Waals surface area contributed by atoms with Gasteiger partial charge in [-0.25, -0.2) is 0 Å². The molecule has 158 valence electrons. The monoisotopic (exact) mass is 416 g/mol. The lowest BCUT2D eigenvalue weighted by Gasteiger charge is -2.36. The summed E-state index contributed by atoms with van der Waals surface area (Å²) in [7, 11) is 1.21. The molecule has 0 amide bonds. The third-order valence-corrected chi connectivity index (χ3v) is 10.4. The second-order valence-electron chi connectivity index (χ2n) is 8.67. The zero-order chi connectivity index (χ0) is 21.3. The van der Waals surface area contributed by atoms with Crippen LogP contribution in [-0.2, 0) is 20.1 Å². The Morgan fingerprint density at radius 2 is 1.71 bits per heavy atom. The van der Waals surface area contributed by atoms with Crippen molar-refractivity contribution in [3.8, 4) is 0 Å². The maximum absolute atomic E-state index is 13.2. The minimum absolute atomic E-state index is 0.118. The van der Waals surface area contributed by atoms with Crippen molar-refractivity contribution in [1.82, 2.24) is 0 Å². The van der Waals surface area contributed by atoms with Crippen molar-refractivity contribution in [2.24, 2.45) is 0 Å². The molecule has 0 N–H and O–H groups in total. The number of methoxy groups -OCH3 is 2. The number of rotatable bonds is 7. The van der Waals surface area contributed by atoms with Gasteiger partial charge in [-0.15, -0.1) is 0 Å². The molecular weight excluding hydrogens is 385 g/mol. The van der Waals surface area contributed by atoms with Crippen LogP contribution in [0.25, 0.3) is 5.57 Å². The number of ether oxygens (including phenoxy) is 2. The van der Waals surface area contributed by atoms with E-state index < -0.39 is 26.2 Å². The van der Waals surface area contributed by atoms with Crippen LogP contribution in [0, 0.1) is 0 Å². The van der Waals surface area contributed by atoms with E-state index in [1.807, 2.05) is 0 Å². The number of hydrogen-bond acceptors (Lipinski definition) is 3. The molecule has 0 saturated heterocycles. The van der Waals surface area contributed by atoms with Gasteiger partial charge in [0.2, 0.25) is 0 Å². The third-order valence-electron chi connectivity index (χ3n) is 5.82. The molecule has 7 heteroatoms. The van der Waals surface area contributed by atoms with Gasteiger partial charge in [0.1, 0.15) is 11.9 Å². The fourth-order valence-electron chi connectivity index (χ4n) is 3.17. The topological polar surface area (TPSA) is 27.7 Å². The van der Waals surface area contributed by atoms with Crippen LogP contribution < -0.4 is 0 Å². The molecule has 1 aliphatic carbocycles. The molecule has 0 aromatic heterocycles. The number of alkyl halides is 3. The van der Waals surface area contributed by atoms with E-state index in [9.17, 15) is 13.2 Å². The van der Waals surface area contributed by atoms with Gasteiger partial charge >= 0.3 is 6.18 Å². The van der Waals surface area contributed by atoms with E-state index in [-0.39, 0.29) is 5.04 Å². The molecule has 1 atom stereocenters. The molecule has 1 aliphatic rings. The van der Waals surface area contributed by atoms with Crippen LogP contribution in [0.3, 0.4) is 0 Å². The molecule has 2 rings (SSSR count). The first-order chi connectivity index (χ1) is 12.8. The maximum Gasteiger partial charge on any atom is 0.416 e. The van der Waals surface area contributed by atoms with Crippen LogP contribution in [0.15, 0.2) is 24.0 Å². The Balaban J connectivity index is 2.23. The molecule has 3 nitrogen and oxygen atoms in total. The molecule has 0 spiro atoms. The van der Waals surface area contributed by atoms with Gasteiger partial charge in [-0.2, -0.15) is 13.2 Å². The predicted octanol–water partition coefficient (Wildman–Crippen LogP) is 6.57. The summed E-state index contributed by atoms with van der Waals surface area (Å²) in [4.78, 5) is 0. The minimum Gasteiger partial charge on any atom is -0.498 e. The molecule has 0 radical (unpaired) electrons. The Bertz CT molecular complexity index is 733. The Kier molecular flexibility index (Phi) is 6.73. The lowest BCUT2D eigenvalue weighted by molar-refractivity contribution is -0.137. The summed E-state index contributed by atoms with van der Waals surface area (Å²) in [6.45, 7) is 11.5. The minimum atomic E-state index is -4.38. The Hall–Kier alpha value is -1.31. The van der Waals surface area contributed by atoms with Crippen LogP contribution in [0.2, 0.25) is 18.1 Å². The lowest BCUT2D eigenvalue weighted by Crippen LogP contribution is -2.40. The van der Waals surface area contributed by atoms with Crippen LogP contribution in [-0.4, -0.2) is 29.1 Å². The molecule has 1 unspecified atom stereocenters. The standard InChI is InChI=1S/C21H31F3O3Si/c1-20(2,3)28(6,7)27-12-8-9-15-17-13-14(21(22,23)24)10-11-16(17)19(26-5)18(15)25-4/h10-11,13,19H,8-9,12H2,1-7H3. The van der Waals surface area contributed by atoms with Gasteiger partial charge in [-0.05, 0) is 54.2 Å². The van der Waals surface area contributed by atoms with Crippen molar-refractivity contribution in [3.05, 3.63) is 40.6 Å². The highest BCUT2D eigenvalue weighted by Gasteiger charge is 2.38. The summed E-state index contributed by atoms with van der Waals surface area (Å²) in [6, 6.07) is 3.80. The largest absolute Gasteiger partial charge is 0.498 e. The molecule has 1 aromatic carbocycles. The lowest BCUT2D eigenvalue weighted by atomic mass is 9.99. The van der Waals surface area contributed by atoms with E-state index in [4.69, 9.17) is 13.9 Å². The van der Waals surface area contributed by atoms with E-state index >= 15 is 0 Å². The number of halogens is 3. The number of hydrogen-bond donors (Lipinski definition) is 0. The second-order valence-corrected chi connectivity index (χ2v) is 13.5. The van der Waals surface area contributed by atoms with Crippen molar-refractivity contribution in [3.63, 3.8) is 0 Å². The Labute approximate surface area is 167 Å². The summed E-state index contributed by atoms with van der Waals surface area (Å²) in [6.07, 6.45) is -3.57. The van der Waals surface area contributed by atoms with Crippen LogP contribution >= 0.6 is 0 Å². The van der Waals surface area contributed by atoms with Crippen molar-refractivity contribution >= 4 is 13.9 Å². The van der Waals surface area contributed by atoms with Crippen LogP contribution in [0.1, 0.15) is 56.4 Å². The molecule has 28 heavy (non-hydrogen) atoms. The molecular formula is C21H31F3O3Si. The highest BCUT2D eigenvalue weighted by molar-refractivity contribution is 6.74. The van der Waals surface area contributed by atoms with E-state index in [1.165, 1.54) is 26.4 Å². The van der Waals surface area contributed by atoms with Gasteiger partial charge in [-0.1, -0.05) is 26.8 Å². The Morgan fingerprint density at radius 1 is 1.07 bits per heavy atom. The van der Waals surface area contributed by atoms with Crippen molar-refractivity contribution in [2.45, 2.75) is 64.0 Å². The zero-order valence-electron chi connectivity index (χ0n) is 17.8. The van der Waals surface area contributed by atoms with Crippen molar-refractivity contribution in [2.75, 3.05) is 20.8 Å².